The molecule has 2 heterocycles. The third-order valence-corrected chi connectivity index (χ3v) is 3.19. The summed E-state index contributed by atoms with van der Waals surface area (Å²) in [6.07, 6.45) is 6.06. The fourth-order valence-corrected chi connectivity index (χ4v) is 2.18. The Labute approximate surface area is 122 Å². The summed E-state index contributed by atoms with van der Waals surface area (Å²) in [6, 6.07) is 11.0. The van der Waals surface area contributed by atoms with E-state index in [4.69, 9.17) is 4.74 Å². The van der Waals surface area contributed by atoms with Crippen molar-refractivity contribution in [1.29, 1.82) is 0 Å². The molecule has 0 fully saturated rings. The summed E-state index contributed by atoms with van der Waals surface area (Å²) < 4.78 is 7.14. The highest BCUT2D eigenvalue weighted by molar-refractivity contribution is 6.03. The SMILES string of the molecule is O=C(OCCCn1cccn1)c1cccc2ncccc12. The zero-order valence-electron chi connectivity index (χ0n) is 11.5. The van der Waals surface area contributed by atoms with Crippen molar-refractivity contribution in [3.8, 4) is 0 Å². The van der Waals surface area contributed by atoms with E-state index in [1.165, 1.54) is 0 Å². The van der Waals surface area contributed by atoms with Gasteiger partial charge in [-0.2, -0.15) is 5.10 Å². The average Bonchev–Trinajstić information content (AvgIpc) is 3.04. The minimum atomic E-state index is -0.311. The predicted molar refractivity (Wildman–Crippen MR) is 78.9 cm³/mol. The lowest BCUT2D eigenvalue weighted by atomic mass is 10.1. The predicted octanol–water partition coefficient (Wildman–Crippen LogP) is 2.68. The van der Waals surface area contributed by atoms with Gasteiger partial charge >= 0.3 is 5.97 Å². The number of hydrogen-bond acceptors (Lipinski definition) is 4. The fourth-order valence-electron chi connectivity index (χ4n) is 2.18. The quantitative estimate of drug-likeness (QED) is 0.533. The van der Waals surface area contributed by atoms with Crippen LogP contribution in [-0.2, 0) is 11.3 Å². The summed E-state index contributed by atoms with van der Waals surface area (Å²) in [5.41, 5.74) is 1.35. The number of hydrogen-bond donors (Lipinski definition) is 0. The van der Waals surface area contributed by atoms with Crippen molar-refractivity contribution in [2.75, 3.05) is 6.61 Å². The van der Waals surface area contributed by atoms with E-state index in [0.29, 0.717) is 12.2 Å². The van der Waals surface area contributed by atoms with Crippen LogP contribution in [0.15, 0.2) is 55.0 Å². The van der Waals surface area contributed by atoms with Crippen LogP contribution in [-0.4, -0.2) is 27.3 Å². The molecular weight excluding hydrogens is 266 g/mol. The first-order valence-corrected chi connectivity index (χ1v) is 6.83. The van der Waals surface area contributed by atoms with Crippen LogP contribution in [0.5, 0.6) is 0 Å². The molecule has 21 heavy (non-hydrogen) atoms. The monoisotopic (exact) mass is 281 g/mol. The first-order chi connectivity index (χ1) is 10.3. The summed E-state index contributed by atoms with van der Waals surface area (Å²) in [5.74, 6) is -0.311. The van der Waals surface area contributed by atoms with Crippen molar-refractivity contribution < 1.29 is 9.53 Å². The Bertz CT molecular complexity index is 733. The van der Waals surface area contributed by atoms with Crippen molar-refractivity contribution in [3.05, 3.63) is 60.6 Å². The van der Waals surface area contributed by atoms with E-state index in [0.717, 1.165) is 23.9 Å². The van der Waals surface area contributed by atoms with E-state index in [1.54, 1.807) is 18.5 Å². The van der Waals surface area contributed by atoms with E-state index in [-0.39, 0.29) is 5.97 Å². The Hall–Kier alpha value is -2.69. The Morgan fingerprint density at radius 3 is 2.95 bits per heavy atom. The largest absolute Gasteiger partial charge is 0.462 e. The zero-order valence-corrected chi connectivity index (χ0v) is 11.5. The molecule has 0 atom stereocenters. The summed E-state index contributed by atoms with van der Waals surface area (Å²) in [4.78, 5) is 16.4. The number of nitrogens with zero attached hydrogens (tertiary/aromatic N) is 3. The van der Waals surface area contributed by atoms with Gasteiger partial charge < -0.3 is 4.74 Å². The minimum absolute atomic E-state index is 0.311. The average molecular weight is 281 g/mol. The Balaban J connectivity index is 1.62. The number of esters is 1. The van der Waals surface area contributed by atoms with Crippen molar-refractivity contribution in [2.24, 2.45) is 0 Å². The maximum absolute atomic E-state index is 12.1. The van der Waals surface area contributed by atoms with Gasteiger partial charge in [-0.05, 0) is 24.3 Å². The van der Waals surface area contributed by atoms with Crippen LogP contribution in [0, 0.1) is 0 Å². The molecule has 0 aliphatic carbocycles. The number of carbonyl (C=O) groups excluding carboxylic acids is 1. The first kappa shape index (κ1) is 13.3. The number of fused-ring (bicyclic) bond motifs is 1. The van der Waals surface area contributed by atoms with Gasteiger partial charge in [-0.25, -0.2) is 4.79 Å². The van der Waals surface area contributed by atoms with Crippen LogP contribution < -0.4 is 0 Å². The Morgan fingerprint density at radius 2 is 2.10 bits per heavy atom. The highest BCUT2D eigenvalue weighted by Crippen LogP contribution is 2.17. The topological polar surface area (TPSA) is 57.0 Å². The highest BCUT2D eigenvalue weighted by Gasteiger charge is 2.11. The van der Waals surface area contributed by atoms with Gasteiger partial charge in [-0.15, -0.1) is 0 Å². The van der Waals surface area contributed by atoms with E-state index >= 15 is 0 Å². The van der Waals surface area contributed by atoms with Gasteiger partial charge in [0.1, 0.15) is 0 Å². The number of benzene rings is 1. The van der Waals surface area contributed by atoms with E-state index in [1.807, 2.05) is 41.2 Å². The molecule has 5 nitrogen and oxygen atoms in total. The number of rotatable bonds is 5. The van der Waals surface area contributed by atoms with Crippen LogP contribution in [0.4, 0.5) is 0 Å². The number of pyridine rings is 1. The van der Waals surface area contributed by atoms with Gasteiger partial charge in [0.25, 0.3) is 0 Å². The number of aryl methyl sites for hydroxylation is 1. The van der Waals surface area contributed by atoms with Gasteiger partial charge in [-0.1, -0.05) is 12.1 Å². The van der Waals surface area contributed by atoms with Crippen molar-refractivity contribution in [1.82, 2.24) is 14.8 Å². The van der Waals surface area contributed by atoms with Gasteiger partial charge in [0.05, 0.1) is 17.7 Å². The third-order valence-electron chi connectivity index (χ3n) is 3.19. The normalized spacial score (nSPS) is 10.7. The van der Waals surface area contributed by atoms with Crippen LogP contribution in [0.1, 0.15) is 16.8 Å². The van der Waals surface area contributed by atoms with Crippen LogP contribution >= 0.6 is 0 Å². The maximum Gasteiger partial charge on any atom is 0.338 e. The zero-order chi connectivity index (χ0) is 14.5. The lowest BCUT2D eigenvalue weighted by molar-refractivity contribution is 0.0497. The van der Waals surface area contributed by atoms with E-state index in [2.05, 4.69) is 10.1 Å². The summed E-state index contributed by atoms with van der Waals surface area (Å²) in [7, 11) is 0. The molecule has 0 unspecified atom stereocenters. The summed E-state index contributed by atoms with van der Waals surface area (Å²) >= 11 is 0. The van der Waals surface area contributed by atoms with Crippen LogP contribution in [0.2, 0.25) is 0 Å². The number of ether oxygens (including phenoxy) is 1. The first-order valence-electron chi connectivity index (χ1n) is 6.83. The fraction of sp³-hybridized carbons (Fsp3) is 0.188. The molecule has 0 saturated carbocycles. The molecule has 3 rings (SSSR count). The highest BCUT2D eigenvalue weighted by atomic mass is 16.5. The standard InChI is InChI=1S/C16H15N3O2/c20-16(21-12-4-11-19-10-3-9-18-19)14-5-1-7-15-13(14)6-2-8-17-15/h1-3,5-10H,4,11-12H2. The van der Waals surface area contributed by atoms with Gasteiger partial charge in [0.15, 0.2) is 0 Å². The molecular formula is C16H15N3O2. The second-order valence-corrected chi connectivity index (χ2v) is 4.63. The molecule has 2 aromatic heterocycles. The molecule has 0 amide bonds. The van der Waals surface area contributed by atoms with E-state index < -0.39 is 0 Å². The van der Waals surface area contributed by atoms with Crippen molar-refractivity contribution in [2.45, 2.75) is 13.0 Å². The van der Waals surface area contributed by atoms with Crippen molar-refractivity contribution >= 4 is 16.9 Å². The summed E-state index contributed by atoms with van der Waals surface area (Å²) in [6.45, 7) is 1.10. The van der Waals surface area contributed by atoms with Crippen molar-refractivity contribution in [3.63, 3.8) is 0 Å². The van der Waals surface area contributed by atoms with Crippen LogP contribution in [0.25, 0.3) is 10.9 Å². The third kappa shape index (κ3) is 3.08. The molecule has 0 aliphatic heterocycles. The molecule has 0 N–H and O–H groups in total. The lowest BCUT2D eigenvalue weighted by Gasteiger charge is -2.07. The Morgan fingerprint density at radius 1 is 1.14 bits per heavy atom. The minimum Gasteiger partial charge on any atom is -0.462 e. The molecule has 0 bridgehead atoms. The van der Waals surface area contributed by atoms with Crippen LogP contribution in [0.3, 0.4) is 0 Å². The molecule has 0 spiro atoms. The maximum atomic E-state index is 12.1. The molecule has 1 aromatic carbocycles. The molecule has 0 radical (unpaired) electrons. The Kier molecular flexibility index (Phi) is 3.91. The lowest BCUT2D eigenvalue weighted by Crippen LogP contribution is -2.09. The van der Waals surface area contributed by atoms with Gasteiger partial charge in [-0.3, -0.25) is 9.67 Å². The molecule has 0 saturated heterocycles. The van der Waals surface area contributed by atoms with Gasteiger partial charge in [0.2, 0.25) is 0 Å². The van der Waals surface area contributed by atoms with Gasteiger partial charge in [0, 0.05) is 36.9 Å². The molecule has 0 aliphatic rings. The second-order valence-electron chi connectivity index (χ2n) is 4.63. The smallest absolute Gasteiger partial charge is 0.338 e. The number of carbonyl (C=O) groups is 1. The molecule has 106 valence electrons. The van der Waals surface area contributed by atoms with E-state index in [9.17, 15) is 4.79 Å². The molecule has 3 aromatic rings. The number of aromatic nitrogens is 3. The second kappa shape index (κ2) is 6.17. The molecule has 5 heteroatoms. The summed E-state index contributed by atoms with van der Waals surface area (Å²) in [5, 5.41) is 4.92.